The number of aliphatic hydroxyl groups is 1. The zero-order valence-electron chi connectivity index (χ0n) is 21.1. The molecule has 0 aromatic heterocycles. The molecular formula is C29H31F5N2O2. The van der Waals surface area contributed by atoms with E-state index in [0.717, 1.165) is 36.1 Å². The van der Waals surface area contributed by atoms with Crippen LogP contribution in [0.1, 0.15) is 63.4 Å². The molecule has 204 valence electrons. The van der Waals surface area contributed by atoms with E-state index in [-0.39, 0.29) is 36.3 Å². The number of nitrogens with zero attached hydrogens (tertiary/aromatic N) is 1. The van der Waals surface area contributed by atoms with Crippen LogP contribution in [0.3, 0.4) is 0 Å². The normalized spacial score (nSPS) is 34.2. The number of ether oxygens (including phenoxy) is 1. The molecular weight excluding hydrogens is 503 g/mol. The van der Waals surface area contributed by atoms with Crippen LogP contribution in [0.4, 0.5) is 22.0 Å². The average Bonchev–Trinajstić information content (AvgIpc) is 3.18. The van der Waals surface area contributed by atoms with Gasteiger partial charge in [0.15, 0.2) is 6.61 Å². The van der Waals surface area contributed by atoms with E-state index in [2.05, 4.69) is 5.10 Å². The van der Waals surface area contributed by atoms with E-state index in [1.54, 1.807) is 25.0 Å². The fraction of sp³-hybridized carbons (Fsp3) is 0.552. The number of allylic oxidation sites excluding steroid dienone is 4. The first kappa shape index (κ1) is 26.7. The van der Waals surface area contributed by atoms with Crippen molar-refractivity contribution in [2.75, 3.05) is 6.61 Å². The molecule has 5 rings (SSSR count). The lowest BCUT2D eigenvalue weighted by Crippen LogP contribution is -2.60. The zero-order valence-corrected chi connectivity index (χ0v) is 21.1. The van der Waals surface area contributed by atoms with Crippen molar-refractivity contribution in [1.82, 2.24) is 0 Å². The molecule has 5 atom stereocenters. The summed E-state index contributed by atoms with van der Waals surface area (Å²) in [5.41, 5.74) is 1.60. The van der Waals surface area contributed by atoms with Crippen molar-refractivity contribution in [3.63, 3.8) is 0 Å². The van der Waals surface area contributed by atoms with Crippen LogP contribution < -0.4 is 10.6 Å². The van der Waals surface area contributed by atoms with Crippen molar-refractivity contribution < 1.29 is 31.8 Å². The van der Waals surface area contributed by atoms with E-state index in [1.807, 2.05) is 6.08 Å². The third kappa shape index (κ3) is 4.12. The minimum Gasteiger partial charge on any atom is -0.484 e. The molecule has 2 fully saturated rings. The van der Waals surface area contributed by atoms with Crippen LogP contribution in [-0.2, 0) is 0 Å². The van der Waals surface area contributed by atoms with Crippen LogP contribution in [0.25, 0.3) is 0 Å². The third-order valence-corrected chi connectivity index (χ3v) is 9.45. The fourth-order valence-electron chi connectivity index (χ4n) is 7.67. The number of hydrogen-bond donors (Lipinski definition) is 2. The number of benzene rings is 1. The smallest absolute Gasteiger partial charge is 0.422 e. The maximum atomic E-state index is 15.2. The molecule has 0 unspecified atom stereocenters. The van der Waals surface area contributed by atoms with Crippen molar-refractivity contribution in [1.29, 1.82) is 0 Å². The molecule has 0 saturated heterocycles. The Labute approximate surface area is 218 Å². The molecule has 4 aliphatic carbocycles. The lowest BCUT2D eigenvalue weighted by atomic mass is 9.50. The van der Waals surface area contributed by atoms with Crippen molar-refractivity contribution in [3.8, 4) is 18.1 Å². The predicted octanol–water partition coefficient (Wildman–Crippen LogP) is 6.27. The molecule has 0 aliphatic heterocycles. The summed E-state index contributed by atoms with van der Waals surface area (Å²) in [7, 11) is 0. The van der Waals surface area contributed by atoms with Gasteiger partial charge in [0.1, 0.15) is 11.4 Å². The Morgan fingerprint density at radius 1 is 1.13 bits per heavy atom. The Morgan fingerprint density at radius 2 is 1.84 bits per heavy atom. The maximum Gasteiger partial charge on any atom is 0.422 e. The first-order valence-electron chi connectivity index (χ1n) is 12.9. The summed E-state index contributed by atoms with van der Waals surface area (Å²) >= 11 is 0. The number of nitrogens with two attached hydrogens (primary N) is 1. The fourth-order valence-corrected chi connectivity index (χ4v) is 7.67. The van der Waals surface area contributed by atoms with Gasteiger partial charge in [0.25, 0.3) is 0 Å². The second-order valence-corrected chi connectivity index (χ2v) is 11.2. The van der Waals surface area contributed by atoms with Gasteiger partial charge < -0.3 is 15.7 Å². The molecule has 0 amide bonds. The molecule has 1 aromatic carbocycles. The second kappa shape index (κ2) is 9.11. The molecule has 38 heavy (non-hydrogen) atoms. The van der Waals surface area contributed by atoms with Crippen LogP contribution in [0.5, 0.6) is 5.75 Å². The number of hydrazone groups is 1. The van der Waals surface area contributed by atoms with Crippen LogP contribution in [0.2, 0.25) is 0 Å². The quantitative estimate of drug-likeness (QED) is 0.207. The van der Waals surface area contributed by atoms with Crippen LogP contribution >= 0.6 is 0 Å². The van der Waals surface area contributed by atoms with Gasteiger partial charge >= 0.3 is 12.1 Å². The van der Waals surface area contributed by atoms with Gasteiger partial charge in [0.2, 0.25) is 0 Å². The first-order valence-corrected chi connectivity index (χ1v) is 12.9. The Balaban J connectivity index is 1.60. The summed E-state index contributed by atoms with van der Waals surface area (Å²) in [6.07, 6.45) is 6.27. The molecule has 4 nitrogen and oxygen atoms in total. The topological polar surface area (TPSA) is 67.8 Å². The number of fused-ring (bicyclic) bond motifs is 4. The van der Waals surface area contributed by atoms with E-state index in [9.17, 15) is 18.3 Å². The molecule has 1 aromatic rings. The number of terminal acetylenes is 1. The molecule has 9 heteroatoms. The average molecular weight is 535 g/mol. The minimum absolute atomic E-state index is 0.0222. The van der Waals surface area contributed by atoms with E-state index in [4.69, 9.17) is 17.0 Å². The second-order valence-electron chi connectivity index (χ2n) is 11.2. The van der Waals surface area contributed by atoms with Gasteiger partial charge in [-0.05, 0) is 97.6 Å². The predicted molar refractivity (Wildman–Crippen MR) is 134 cm³/mol. The maximum absolute atomic E-state index is 15.2. The van der Waals surface area contributed by atoms with Crippen LogP contribution in [-0.4, -0.2) is 35.1 Å². The van der Waals surface area contributed by atoms with Crippen LogP contribution in [0, 0.1) is 29.6 Å². The van der Waals surface area contributed by atoms with Crippen molar-refractivity contribution >= 4 is 5.71 Å². The standard InChI is InChI=1S/C29H31F5N2O2/c1-3-28(30,31)27(37)13-12-24-22-10-6-18-14-19(36-35)7-11-21(18)25(22)23(15-26(24,27)2)17-4-8-20(9-5-17)38-16-29(32,33)34/h1,4-5,8-9,14,22-24,37H,6-7,10-13,15-16,35H2,2H3/b36-19+/t22-,23-,24-,26-,27-/m0/s1. The van der Waals surface area contributed by atoms with Gasteiger partial charge in [-0.15, -0.1) is 6.42 Å². The Kier molecular flexibility index (Phi) is 6.41. The van der Waals surface area contributed by atoms with E-state index in [1.165, 1.54) is 23.3 Å². The minimum atomic E-state index is -4.46. The Hall–Kier alpha value is -2.86. The van der Waals surface area contributed by atoms with Gasteiger partial charge in [0, 0.05) is 11.3 Å². The molecule has 0 spiro atoms. The number of alkyl halides is 5. The molecule has 0 heterocycles. The number of halogens is 5. The van der Waals surface area contributed by atoms with E-state index < -0.39 is 29.7 Å². The molecule has 2 saturated carbocycles. The van der Waals surface area contributed by atoms with Gasteiger partial charge in [-0.25, -0.2) is 0 Å². The highest BCUT2D eigenvalue weighted by atomic mass is 19.4. The van der Waals surface area contributed by atoms with Crippen molar-refractivity contribution in [2.24, 2.45) is 28.2 Å². The Morgan fingerprint density at radius 3 is 2.47 bits per heavy atom. The van der Waals surface area contributed by atoms with Crippen LogP contribution in [0.15, 0.2) is 52.2 Å². The molecule has 4 aliphatic rings. The zero-order chi connectivity index (χ0) is 27.5. The monoisotopic (exact) mass is 534 g/mol. The summed E-state index contributed by atoms with van der Waals surface area (Å²) in [4.78, 5) is 0. The van der Waals surface area contributed by atoms with Crippen molar-refractivity contribution in [3.05, 3.63) is 52.6 Å². The summed E-state index contributed by atoms with van der Waals surface area (Å²) in [6.45, 7) is 0.330. The van der Waals surface area contributed by atoms with Gasteiger partial charge in [-0.2, -0.15) is 27.1 Å². The summed E-state index contributed by atoms with van der Waals surface area (Å²) in [5.74, 6) is 2.97. The molecule has 0 radical (unpaired) electrons. The summed E-state index contributed by atoms with van der Waals surface area (Å²) in [6, 6.07) is 6.36. The highest BCUT2D eigenvalue weighted by molar-refractivity contribution is 5.97. The van der Waals surface area contributed by atoms with Gasteiger partial charge in [0.05, 0.1) is 5.71 Å². The summed E-state index contributed by atoms with van der Waals surface area (Å²) in [5, 5.41) is 15.4. The third-order valence-electron chi connectivity index (χ3n) is 9.45. The Bertz CT molecular complexity index is 1240. The lowest BCUT2D eigenvalue weighted by Gasteiger charge is -2.55. The SMILES string of the molecule is C#CC(F)(F)[C@]1(O)CC[C@H]2[C@@H]3CCC4=C/C(=N/N)CCC4=C3[C@H](c3ccc(OCC(F)(F)F)cc3)C[C@@]21C. The number of hydrogen-bond acceptors (Lipinski definition) is 4. The molecule has 0 bridgehead atoms. The summed E-state index contributed by atoms with van der Waals surface area (Å²) < 4.78 is 73.1. The van der Waals surface area contributed by atoms with E-state index >= 15 is 8.78 Å². The van der Waals surface area contributed by atoms with E-state index in [0.29, 0.717) is 12.8 Å². The van der Waals surface area contributed by atoms with Gasteiger partial charge in [-0.1, -0.05) is 24.6 Å². The number of rotatable bonds is 4. The largest absolute Gasteiger partial charge is 0.484 e. The first-order chi connectivity index (χ1) is 17.8. The molecule has 3 N–H and O–H groups in total. The lowest BCUT2D eigenvalue weighted by molar-refractivity contribution is -0.209. The highest BCUT2D eigenvalue weighted by Gasteiger charge is 2.71. The highest BCUT2D eigenvalue weighted by Crippen LogP contribution is 2.69. The van der Waals surface area contributed by atoms with Gasteiger partial charge in [-0.3, -0.25) is 0 Å². The van der Waals surface area contributed by atoms with Crippen molar-refractivity contribution in [2.45, 2.75) is 75.5 Å².